The minimum absolute atomic E-state index is 0.222. The predicted octanol–water partition coefficient (Wildman–Crippen LogP) is 1.18. The van der Waals surface area contributed by atoms with E-state index in [2.05, 4.69) is 19.2 Å². The molecule has 3 nitrogen and oxygen atoms in total. The van der Waals surface area contributed by atoms with Crippen LogP contribution >= 0.6 is 0 Å². The van der Waals surface area contributed by atoms with E-state index in [-0.39, 0.29) is 12.2 Å². The highest BCUT2D eigenvalue weighted by molar-refractivity contribution is 4.72. The number of hydrogen-bond acceptors (Lipinski definition) is 3. The third-order valence-electron chi connectivity index (χ3n) is 2.36. The smallest absolute Gasteiger partial charge is 0.0958 e. The van der Waals surface area contributed by atoms with Crippen LogP contribution in [-0.4, -0.2) is 38.5 Å². The lowest BCUT2D eigenvalue weighted by atomic mass is 10.2. The highest BCUT2D eigenvalue weighted by atomic mass is 16.5. The Bertz CT molecular complexity index is 124. The molecule has 0 aromatic carbocycles. The molecule has 1 aliphatic heterocycles. The molecule has 0 saturated carbocycles. The molecule has 0 bridgehead atoms. The molecule has 3 heteroatoms. The van der Waals surface area contributed by atoms with Crippen LogP contribution in [0.15, 0.2) is 0 Å². The lowest BCUT2D eigenvalue weighted by molar-refractivity contribution is -0.0765. The molecule has 1 aliphatic rings. The molecule has 0 spiro atoms. The molecule has 13 heavy (non-hydrogen) atoms. The van der Waals surface area contributed by atoms with Gasteiger partial charge in [-0.05, 0) is 13.3 Å². The standard InChI is InChI=1S/C10H21NO2/c1-3-4-6-12-9(2)10-8-11-5-7-13-10/h9-11H,3-8H2,1-2H3. The zero-order chi connectivity index (χ0) is 9.52. The molecule has 2 atom stereocenters. The van der Waals surface area contributed by atoms with Gasteiger partial charge in [-0.25, -0.2) is 0 Å². The molecule has 78 valence electrons. The second kappa shape index (κ2) is 6.35. The second-order valence-electron chi connectivity index (χ2n) is 3.54. The number of unbranched alkanes of at least 4 members (excludes halogenated alkanes) is 1. The zero-order valence-corrected chi connectivity index (χ0v) is 8.71. The van der Waals surface area contributed by atoms with Crippen molar-refractivity contribution < 1.29 is 9.47 Å². The fourth-order valence-electron chi connectivity index (χ4n) is 1.41. The molecular weight excluding hydrogens is 166 g/mol. The summed E-state index contributed by atoms with van der Waals surface area (Å²) in [7, 11) is 0. The number of ether oxygens (including phenoxy) is 2. The highest BCUT2D eigenvalue weighted by Crippen LogP contribution is 2.06. The summed E-state index contributed by atoms with van der Waals surface area (Å²) in [5, 5.41) is 3.30. The van der Waals surface area contributed by atoms with Gasteiger partial charge < -0.3 is 14.8 Å². The highest BCUT2D eigenvalue weighted by Gasteiger charge is 2.20. The van der Waals surface area contributed by atoms with E-state index in [1.54, 1.807) is 0 Å². The van der Waals surface area contributed by atoms with E-state index in [9.17, 15) is 0 Å². The van der Waals surface area contributed by atoms with Crippen molar-refractivity contribution in [1.82, 2.24) is 5.32 Å². The first-order valence-corrected chi connectivity index (χ1v) is 5.28. The first-order valence-electron chi connectivity index (χ1n) is 5.28. The summed E-state index contributed by atoms with van der Waals surface area (Å²) in [6, 6.07) is 0. The Hall–Kier alpha value is -0.120. The fourth-order valence-corrected chi connectivity index (χ4v) is 1.41. The zero-order valence-electron chi connectivity index (χ0n) is 8.71. The van der Waals surface area contributed by atoms with Crippen molar-refractivity contribution in [3.05, 3.63) is 0 Å². The quantitative estimate of drug-likeness (QED) is 0.656. The molecule has 2 unspecified atom stereocenters. The maximum absolute atomic E-state index is 5.66. The predicted molar refractivity (Wildman–Crippen MR) is 52.9 cm³/mol. The Morgan fingerprint density at radius 1 is 1.62 bits per heavy atom. The fraction of sp³-hybridized carbons (Fsp3) is 1.00. The molecule has 1 N–H and O–H groups in total. The molecule has 0 amide bonds. The molecular formula is C10H21NO2. The first-order chi connectivity index (χ1) is 6.34. The van der Waals surface area contributed by atoms with Gasteiger partial charge in [0.2, 0.25) is 0 Å². The van der Waals surface area contributed by atoms with Gasteiger partial charge in [-0.15, -0.1) is 0 Å². The summed E-state index contributed by atoms with van der Waals surface area (Å²) in [6.07, 6.45) is 2.80. The van der Waals surface area contributed by atoms with Gasteiger partial charge in [0.25, 0.3) is 0 Å². The monoisotopic (exact) mass is 187 g/mol. The topological polar surface area (TPSA) is 30.5 Å². The van der Waals surface area contributed by atoms with Gasteiger partial charge >= 0.3 is 0 Å². The molecule has 1 heterocycles. The third-order valence-corrected chi connectivity index (χ3v) is 2.36. The van der Waals surface area contributed by atoms with E-state index in [1.807, 2.05) is 0 Å². The minimum Gasteiger partial charge on any atom is -0.376 e. The third kappa shape index (κ3) is 4.07. The number of rotatable bonds is 5. The van der Waals surface area contributed by atoms with Crippen LogP contribution < -0.4 is 5.32 Å². The first kappa shape index (κ1) is 11.0. The SMILES string of the molecule is CCCCOC(C)C1CNCCO1. The molecule has 1 fully saturated rings. The van der Waals surface area contributed by atoms with Crippen LogP contribution in [0.1, 0.15) is 26.7 Å². The van der Waals surface area contributed by atoms with Gasteiger partial charge in [-0.2, -0.15) is 0 Å². The van der Waals surface area contributed by atoms with Gasteiger partial charge in [0.1, 0.15) is 0 Å². The summed E-state index contributed by atoms with van der Waals surface area (Å²) in [6.45, 7) is 7.83. The molecule has 1 rings (SSSR count). The van der Waals surface area contributed by atoms with Crippen LogP contribution in [0.4, 0.5) is 0 Å². The van der Waals surface area contributed by atoms with Gasteiger partial charge in [0.05, 0.1) is 18.8 Å². The molecule has 0 radical (unpaired) electrons. The maximum atomic E-state index is 5.66. The molecule has 0 aromatic heterocycles. The van der Waals surface area contributed by atoms with Crippen molar-refractivity contribution in [1.29, 1.82) is 0 Å². The lowest BCUT2D eigenvalue weighted by Gasteiger charge is -2.28. The minimum atomic E-state index is 0.222. The van der Waals surface area contributed by atoms with Crippen molar-refractivity contribution in [2.45, 2.75) is 38.9 Å². The second-order valence-corrected chi connectivity index (χ2v) is 3.54. The van der Waals surface area contributed by atoms with Crippen LogP contribution in [-0.2, 0) is 9.47 Å². The van der Waals surface area contributed by atoms with Crippen molar-refractivity contribution in [3.8, 4) is 0 Å². The summed E-state index contributed by atoms with van der Waals surface area (Å²) in [5.41, 5.74) is 0. The summed E-state index contributed by atoms with van der Waals surface area (Å²) in [5.74, 6) is 0. The molecule has 0 aliphatic carbocycles. The Morgan fingerprint density at radius 3 is 3.08 bits per heavy atom. The van der Waals surface area contributed by atoms with Gasteiger partial charge in [-0.3, -0.25) is 0 Å². The molecule has 1 saturated heterocycles. The van der Waals surface area contributed by atoms with E-state index in [4.69, 9.17) is 9.47 Å². The number of hydrogen-bond donors (Lipinski definition) is 1. The van der Waals surface area contributed by atoms with Gasteiger partial charge in [-0.1, -0.05) is 13.3 Å². The van der Waals surface area contributed by atoms with E-state index in [0.29, 0.717) is 0 Å². The Kier molecular flexibility index (Phi) is 5.35. The average molecular weight is 187 g/mol. The van der Waals surface area contributed by atoms with Crippen LogP contribution in [0.3, 0.4) is 0 Å². The van der Waals surface area contributed by atoms with E-state index < -0.39 is 0 Å². The Morgan fingerprint density at radius 2 is 2.46 bits per heavy atom. The number of nitrogens with one attached hydrogen (secondary N) is 1. The van der Waals surface area contributed by atoms with Crippen molar-refractivity contribution in [3.63, 3.8) is 0 Å². The summed E-state index contributed by atoms with van der Waals surface area (Å²) < 4.78 is 11.2. The van der Waals surface area contributed by atoms with Crippen molar-refractivity contribution in [2.75, 3.05) is 26.3 Å². The van der Waals surface area contributed by atoms with Crippen LogP contribution in [0, 0.1) is 0 Å². The summed E-state index contributed by atoms with van der Waals surface area (Å²) >= 11 is 0. The lowest BCUT2D eigenvalue weighted by Crippen LogP contribution is -2.45. The summed E-state index contributed by atoms with van der Waals surface area (Å²) in [4.78, 5) is 0. The maximum Gasteiger partial charge on any atom is 0.0958 e. The average Bonchev–Trinajstić information content (AvgIpc) is 2.19. The Labute approximate surface area is 80.8 Å². The van der Waals surface area contributed by atoms with E-state index in [0.717, 1.165) is 32.7 Å². The van der Waals surface area contributed by atoms with Crippen LogP contribution in [0.25, 0.3) is 0 Å². The molecule has 0 aromatic rings. The van der Waals surface area contributed by atoms with Crippen molar-refractivity contribution in [2.24, 2.45) is 0 Å². The van der Waals surface area contributed by atoms with Crippen LogP contribution in [0.5, 0.6) is 0 Å². The van der Waals surface area contributed by atoms with Gasteiger partial charge in [0.15, 0.2) is 0 Å². The van der Waals surface area contributed by atoms with E-state index >= 15 is 0 Å². The van der Waals surface area contributed by atoms with E-state index in [1.165, 1.54) is 6.42 Å². The van der Waals surface area contributed by atoms with Crippen LogP contribution in [0.2, 0.25) is 0 Å². The van der Waals surface area contributed by atoms with Gasteiger partial charge in [0, 0.05) is 19.7 Å². The largest absolute Gasteiger partial charge is 0.376 e. The van der Waals surface area contributed by atoms with Crippen molar-refractivity contribution >= 4 is 0 Å². The number of morpholine rings is 1. The Balaban J connectivity index is 2.09. The normalized spacial score (nSPS) is 25.8.